The number of unbranched alkanes of at least 4 members (excludes halogenated alkanes) is 4. The maximum absolute atomic E-state index is 14.5. The first-order valence-corrected chi connectivity index (χ1v) is 22.5. The van der Waals surface area contributed by atoms with E-state index in [1.165, 1.54) is 0 Å². The summed E-state index contributed by atoms with van der Waals surface area (Å²) in [7, 11) is 0. The van der Waals surface area contributed by atoms with Crippen molar-refractivity contribution >= 4 is 29.8 Å². The van der Waals surface area contributed by atoms with Crippen molar-refractivity contribution in [1.82, 2.24) is 10.2 Å². The van der Waals surface area contributed by atoms with E-state index in [9.17, 15) is 24.3 Å². The van der Waals surface area contributed by atoms with E-state index >= 15 is 0 Å². The predicted octanol–water partition coefficient (Wildman–Crippen LogP) is 7.35. The Morgan fingerprint density at radius 2 is 1.75 bits per heavy atom. The molecule has 2 amide bonds. The quantitative estimate of drug-likeness (QED) is 0.0823. The van der Waals surface area contributed by atoms with Gasteiger partial charge in [-0.1, -0.05) is 69.9 Å². The minimum absolute atomic E-state index is 0.0313. The van der Waals surface area contributed by atoms with Gasteiger partial charge in [-0.25, -0.2) is 4.79 Å². The fourth-order valence-corrected chi connectivity index (χ4v) is 9.13. The van der Waals surface area contributed by atoms with Crippen LogP contribution in [0.1, 0.15) is 153 Å². The van der Waals surface area contributed by atoms with Crippen molar-refractivity contribution in [2.75, 3.05) is 13.2 Å². The van der Waals surface area contributed by atoms with Crippen LogP contribution in [0.2, 0.25) is 0 Å². The Balaban J connectivity index is 1.20. The molecule has 0 radical (unpaired) electrons. The number of allylic oxidation sites excluding steroid dienone is 1. The summed E-state index contributed by atoms with van der Waals surface area (Å²) in [4.78, 5) is 56.3. The number of fused-ring (bicyclic) bond motifs is 2. The molecule has 5 aliphatic rings. The number of benzene rings is 1. The summed E-state index contributed by atoms with van der Waals surface area (Å²) in [5.74, 6) is -2.07. The molecule has 8 unspecified atom stereocenters. The first-order chi connectivity index (χ1) is 28.3. The summed E-state index contributed by atoms with van der Waals surface area (Å²) >= 11 is 0. The van der Waals surface area contributed by atoms with Crippen LogP contribution in [0.5, 0.6) is 0 Å². The third-order valence-corrected chi connectivity index (χ3v) is 12.3. The smallest absolute Gasteiger partial charge is 0.339 e. The fraction of sp³-hybridized carbons (Fsp3) is 0.702. The molecule has 0 spiro atoms. The maximum atomic E-state index is 14.5. The fourth-order valence-electron chi connectivity index (χ4n) is 9.13. The summed E-state index contributed by atoms with van der Waals surface area (Å²) in [6.07, 6.45) is 16.7. The minimum Gasteiger partial charge on any atom is -0.460 e. The number of carbonyl (C=O) groups excluding carboxylic acids is 4. The van der Waals surface area contributed by atoms with Crippen LogP contribution in [0.3, 0.4) is 0 Å². The largest absolute Gasteiger partial charge is 0.460 e. The zero-order chi connectivity index (χ0) is 42.2. The number of epoxide rings is 1. The SMILES string of the molecule is CCCCCC1(CCCCC)OC2C=C(C(=O)N3CCCC3C(=O)NC(CO)CCC(=O)OC(C)(C)C)CC(OC(=O)c3ccccc3C=CC3CCC4OC4C3)C2O1. The molecule has 12 nitrogen and oxygen atoms in total. The number of amides is 2. The highest BCUT2D eigenvalue weighted by atomic mass is 16.8. The molecule has 2 aliphatic carbocycles. The van der Waals surface area contributed by atoms with E-state index in [0.29, 0.717) is 61.5 Å². The summed E-state index contributed by atoms with van der Waals surface area (Å²) < 4.78 is 31.2. The van der Waals surface area contributed by atoms with Gasteiger partial charge in [-0.2, -0.15) is 0 Å². The third-order valence-electron chi connectivity index (χ3n) is 12.3. The lowest BCUT2D eigenvalue weighted by Gasteiger charge is -2.33. The molecule has 0 bridgehead atoms. The van der Waals surface area contributed by atoms with Gasteiger partial charge in [0.2, 0.25) is 11.8 Å². The lowest BCUT2D eigenvalue weighted by Crippen LogP contribution is -2.51. The topological polar surface area (TPSA) is 153 Å². The van der Waals surface area contributed by atoms with E-state index in [2.05, 4.69) is 25.2 Å². The van der Waals surface area contributed by atoms with E-state index in [4.69, 9.17) is 23.7 Å². The Kier molecular flexibility index (Phi) is 15.5. The van der Waals surface area contributed by atoms with E-state index in [0.717, 1.165) is 63.4 Å². The van der Waals surface area contributed by atoms with Crippen molar-refractivity contribution in [3.63, 3.8) is 0 Å². The van der Waals surface area contributed by atoms with Crippen molar-refractivity contribution in [3.05, 3.63) is 53.1 Å². The van der Waals surface area contributed by atoms with Gasteiger partial charge in [-0.05, 0) is 95.8 Å². The zero-order valence-electron chi connectivity index (χ0n) is 36.0. The molecule has 8 atom stereocenters. The van der Waals surface area contributed by atoms with Crippen LogP contribution >= 0.6 is 0 Å². The Labute approximate surface area is 350 Å². The van der Waals surface area contributed by atoms with Gasteiger partial charge in [-0.3, -0.25) is 14.4 Å². The number of esters is 2. The lowest BCUT2D eigenvalue weighted by atomic mass is 9.88. The van der Waals surface area contributed by atoms with Crippen molar-refractivity contribution in [2.24, 2.45) is 5.92 Å². The van der Waals surface area contributed by atoms with Crippen LogP contribution in [0.4, 0.5) is 0 Å². The molecule has 1 aromatic rings. The number of nitrogens with one attached hydrogen (secondary N) is 1. The summed E-state index contributed by atoms with van der Waals surface area (Å²) in [5.41, 5.74) is 0.987. The molecule has 6 rings (SSSR count). The zero-order valence-corrected chi connectivity index (χ0v) is 36.0. The average molecular weight is 821 g/mol. The number of ether oxygens (including phenoxy) is 5. The number of hydrogen-bond donors (Lipinski definition) is 2. The first-order valence-electron chi connectivity index (χ1n) is 22.5. The second-order valence-corrected chi connectivity index (χ2v) is 18.2. The van der Waals surface area contributed by atoms with Gasteiger partial charge in [0.15, 0.2) is 5.79 Å². The van der Waals surface area contributed by atoms with Crippen molar-refractivity contribution in [2.45, 2.75) is 191 Å². The number of likely N-dealkylation sites (tertiary alicyclic amines) is 1. The van der Waals surface area contributed by atoms with Gasteiger partial charge in [0.25, 0.3) is 0 Å². The second-order valence-electron chi connectivity index (χ2n) is 18.2. The molecule has 3 heterocycles. The normalized spacial score (nSPS) is 27.7. The molecular weight excluding hydrogens is 753 g/mol. The van der Waals surface area contributed by atoms with Crippen molar-refractivity contribution in [1.29, 1.82) is 0 Å². The molecule has 2 N–H and O–H groups in total. The Hall–Kier alpha value is -3.58. The first kappa shape index (κ1) is 45.0. The molecule has 1 saturated carbocycles. The number of hydrogen-bond acceptors (Lipinski definition) is 10. The third kappa shape index (κ3) is 12.0. The standard InChI is InChI=1S/C47H68N2O10/c1-6-8-12-24-47(25-13-9-7-2)57-40-29-33(44(53)49-26-14-17-36(49)43(52)48-34(30-50)21-23-41(51)58-46(3,4)5)28-39(42(40)59-47)56-45(54)35-16-11-10-15-32(35)20-18-31-19-22-37-38(27-31)55-37/h10-11,15-16,18,20,29,31,34,36-40,42,50H,6-9,12-14,17,19,21-28,30H2,1-5H3,(H,48,52). The van der Waals surface area contributed by atoms with Crippen molar-refractivity contribution in [3.8, 4) is 0 Å². The molecular formula is C47H68N2O10. The highest BCUT2D eigenvalue weighted by Crippen LogP contribution is 2.44. The highest BCUT2D eigenvalue weighted by molar-refractivity contribution is 5.98. The summed E-state index contributed by atoms with van der Waals surface area (Å²) in [6.45, 7) is 9.69. The predicted molar refractivity (Wildman–Crippen MR) is 223 cm³/mol. The van der Waals surface area contributed by atoms with Gasteiger partial charge in [0, 0.05) is 37.8 Å². The van der Waals surface area contributed by atoms with E-state index in [1.807, 2.05) is 30.4 Å². The van der Waals surface area contributed by atoms with Gasteiger partial charge >= 0.3 is 11.9 Å². The molecule has 3 aliphatic heterocycles. The average Bonchev–Trinajstić information content (AvgIpc) is 3.63. The van der Waals surface area contributed by atoms with Gasteiger partial charge in [0.05, 0.1) is 30.4 Å². The molecule has 326 valence electrons. The number of aliphatic hydroxyl groups is 1. The van der Waals surface area contributed by atoms with Crippen LogP contribution in [-0.2, 0) is 38.1 Å². The number of aliphatic hydroxyl groups excluding tert-OH is 1. The molecule has 3 saturated heterocycles. The van der Waals surface area contributed by atoms with Gasteiger partial charge in [0.1, 0.15) is 30.0 Å². The lowest BCUT2D eigenvalue weighted by molar-refractivity contribution is -0.190. The van der Waals surface area contributed by atoms with Crippen molar-refractivity contribution < 1.29 is 48.0 Å². The monoisotopic (exact) mass is 820 g/mol. The van der Waals surface area contributed by atoms with E-state index in [-0.39, 0.29) is 37.7 Å². The molecule has 0 aromatic heterocycles. The molecule has 12 heteroatoms. The number of rotatable bonds is 19. The van der Waals surface area contributed by atoms with Gasteiger partial charge < -0.3 is 39.0 Å². The van der Waals surface area contributed by atoms with Crippen LogP contribution in [-0.4, -0.2) is 101 Å². The Morgan fingerprint density at radius 3 is 2.44 bits per heavy atom. The highest BCUT2D eigenvalue weighted by Gasteiger charge is 2.53. The van der Waals surface area contributed by atoms with Crippen LogP contribution < -0.4 is 5.32 Å². The Morgan fingerprint density at radius 1 is 1.00 bits per heavy atom. The number of carbonyl (C=O) groups is 4. The van der Waals surface area contributed by atoms with E-state index < -0.39 is 53.7 Å². The summed E-state index contributed by atoms with van der Waals surface area (Å²) in [6, 6.07) is 6.00. The second kappa shape index (κ2) is 20.3. The molecule has 1 aromatic carbocycles. The molecule has 59 heavy (non-hydrogen) atoms. The number of nitrogens with zero attached hydrogens (tertiary/aromatic N) is 1. The van der Waals surface area contributed by atoms with Crippen LogP contribution in [0, 0.1) is 5.92 Å². The van der Waals surface area contributed by atoms with Crippen LogP contribution in [0.25, 0.3) is 6.08 Å². The summed E-state index contributed by atoms with van der Waals surface area (Å²) in [5, 5.41) is 12.9. The van der Waals surface area contributed by atoms with Crippen LogP contribution in [0.15, 0.2) is 42.0 Å². The van der Waals surface area contributed by atoms with E-state index in [1.54, 1.807) is 31.7 Å². The molecule has 4 fully saturated rings. The Bertz CT molecular complexity index is 1670. The van der Waals surface area contributed by atoms with Gasteiger partial charge in [-0.15, -0.1) is 0 Å². The maximum Gasteiger partial charge on any atom is 0.339 e. The minimum atomic E-state index is -0.862.